The molecule has 1 aromatic heterocycles. The second kappa shape index (κ2) is 6.72. The van der Waals surface area contributed by atoms with Gasteiger partial charge in [-0.05, 0) is 43.1 Å². The third-order valence-electron chi connectivity index (χ3n) is 3.07. The summed E-state index contributed by atoms with van der Waals surface area (Å²) < 4.78 is 0. The average Bonchev–Trinajstić information content (AvgIpc) is 2.43. The van der Waals surface area contributed by atoms with Crippen LogP contribution in [0.1, 0.15) is 25.3 Å². The molecule has 1 aromatic carbocycles. The van der Waals surface area contributed by atoms with Gasteiger partial charge in [-0.25, -0.2) is 0 Å². The van der Waals surface area contributed by atoms with Crippen LogP contribution in [0.5, 0.6) is 0 Å². The lowest BCUT2D eigenvalue weighted by Crippen LogP contribution is -2.17. The highest BCUT2D eigenvalue weighted by molar-refractivity contribution is 6.20. The molecule has 0 saturated heterocycles. The molecule has 0 radical (unpaired) electrons. The Bertz CT molecular complexity index is 499. The van der Waals surface area contributed by atoms with E-state index in [4.69, 9.17) is 11.6 Å². The predicted molar refractivity (Wildman–Crippen MR) is 78.0 cm³/mol. The zero-order chi connectivity index (χ0) is 12.8. The van der Waals surface area contributed by atoms with Crippen molar-refractivity contribution in [2.75, 3.05) is 6.54 Å². The maximum Gasteiger partial charge on any atom is 0.0702 e. The van der Waals surface area contributed by atoms with Gasteiger partial charge in [-0.2, -0.15) is 0 Å². The Labute approximate surface area is 113 Å². The van der Waals surface area contributed by atoms with Gasteiger partial charge >= 0.3 is 0 Å². The van der Waals surface area contributed by atoms with Crippen LogP contribution in [0, 0.1) is 0 Å². The van der Waals surface area contributed by atoms with Crippen molar-refractivity contribution >= 4 is 22.5 Å². The largest absolute Gasteiger partial charge is 0.313 e. The van der Waals surface area contributed by atoms with E-state index in [0.29, 0.717) is 5.38 Å². The number of alkyl halides is 1. The van der Waals surface area contributed by atoms with E-state index in [2.05, 4.69) is 41.5 Å². The van der Waals surface area contributed by atoms with Crippen molar-refractivity contribution in [3.63, 3.8) is 0 Å². The third kappa shape index (κ3) is 3.69. The fourth-order valence-electron chi connectivity index (χ4n) is 1.93. The standard InChI is InChI=1S/C15H19ClN2/c1-2-14(16)7-9-17-11-12-5-6-15-13(10-12)4-3-8-18-15/h3-6,8,10,14,17H,2,7,9,11H2,1H3. The van der Waals surface area contributed by atoms with E-state index in [0.717, 1.165) is 31.4 Å². The molecule has 96 valence electrons. The van der Waals surface area contributed by atoms with Crippen LogP contribution in [0.3, 0.4) is 0 Å². The van der Waals surface area contributed by atoms with Gasteiger partial charge in [0.2, 0.25) is 0 Å². The summed E-state index contributed by atoms with van der Waals surface area (Å²) in [5.41, 5.74) is 2.34. The van der Waals surface area contributed by atoms with E-state index < -0.39 is 0 Å². The van der Waals surface area contributed by atoms with Crippen molar-refractivity contribution in [1.29, 1.82) is 0 Å². The molecule has 1 heterocycles. The van der Waals surface area contributed by atoms with Gasteiger partial charge in [0.15, 0.2) is 0 Å². The summed E-state index contributed by atoms with van der Waals surface area (Å²) in [5, 5.41) is 4.91. The molecule has 0 aliphatic rings. The number of rotatable bonds is 6. The molecular formula is C15H19ClN2. The maximum absolute atomic E-state index is 6.08. The molecule has 0 aliphatic carbocycles. The number of aromatic nitrogens is 1. The van der Waals surface area contributed by atoms with E-state index in [1.165, 1.54) is 10.9 Å². The van der Waals surface area contributed by atoms with E-state index in [-0.39, 0.29) is 0 Å². The van der Waals surface area contributed by atoms with Gasteiger partial charge in [0.05, 0.1) is 5.52 Å². The van der Waals surface area contributed by atoms with E-state index in [1.54, 1.807) is 0 Å². The molecule has 2 rings (SSSR count). The summed E-state index contributed by atoms with van der Waals surface area (Å²) in [6.45, 7) is 3.97. The van der Waals surface area contributed by atoms with E-state index in [9.17, 15) is 0 Å². The Morgan fingerprint density at radius 3 is 3.06 bits per heavy atom. The lowest BCUT2D eigenvalue weighted by molar-refractivity contribution is 0.622. The highest BCUT2D eigenvalue weighted by Crippen LogP contribution is 2.13. The quantitative estimate of drug-likeness (QED) is 0.634. The number of fused-ring (bicyclic) bond motifs is 1. The molecule has 1 N–H and O–H groups in total. The highest BCUT2D eigenvalue weighted by atomic mass is 35.5. The van der Waals surface area contributed by atoms with E-state index >= 15 is 0 Å². The van der Waals surface area contributed by atoms with E-state index in [1.807, 2.05) is 12.3 Å². The molecule has 0 spiro atoms. The van der Waals surface area contributed by atoms with Gasteiger partial charge < -0.3 is 5.32 Å². The Balaban J connectivity index is 1.88. The summed E-state index contributed by atoms with van der Waals surface area (Å²) in [5.74, 6) is 0. The van der Waals surface area contributed by atoms with Gasteiger partial charge in [0, 0.05) is 23.5 Å². The van der Waals surface area contributed by atoms with Crippen LogP contribution in [0.25, 0.3) is 10.9 Å². The zero-order valence-electron chi connectivity index (χ0n) is 10.7. The van der Waals surface area contributed by atoms with Gasteiger partial charge in [-0.3, -0.25) is 4.98 Å². The summed E-state index contributed by atoms with van der Waals surface area (Å²) in [6, 6.07) is 10.5. The fourth-order valence-corrected chi connectivity index (χ4v) is 2.04. The van der Waals surface area contributed by atoms with Gasteiger partial charge in [-0.15, -0.1) is 11.6 Å². The molecule has 3 heteroatoms. The van der Waals surface area contributed by atoms with Crippen LogP contribution in [0.15, 0.2) is 36.5 Å². The Morgan fingerprint density at radius 1 is 1.33 bits per heavy atom. The number of pyridine rings is 1. The molecule has 2 nitrogen and oxygen atoms in total. The van der Waals surface area contributed by atoms with Crippen LogP contribution in [-0.4, -0.2) is 16.9 Å². The van der Waals surface area contributed by atoms with Crippen molar-refractivity contribution < 1.29 is 0 Å². The Hall–Kier alpha value is -1.12. The van der Waals surface area contributed by atoms with Crippen LogP contribution < -0.4 is 5.32 Å². The molecular weight excluding hydrogens is 244 g/mol. The van der Waals surface area contributed by atoms with Crippen molar-refractivity contribution in [2.45, 2.75) is 31.7 Å². The summed E-state index contributed by atoms with van der Waals surface area (Å²) in [6.07, 6.45) is 3.88. The average molecular weight is 263 g/mol. The smallest absolute Gasteiger partial charge is 0.0702 e. The molecule has 1 atom stereocenters. The number of nitrogens with zero attached hydrogens (tertiary/aromatic N) is 1. The van der Waals surface area contributed by atoms with Crippen molar-refractivity contribution in [3.05, 3.63) is 42.1 Å². The Kier molecular flexibility index (Phi) is 4.97. The topological polar surface area (TPSA) is 24.9 Å². The molecule has 1 unspecified atom stereocenters. The molecule has 0 fully saturated rings. The number of nitrogens with one attached hydrogen (secondary N) is 1. The van der Waals surface area contributed by atoms with Gasteiger partial charge in [-0.1, -0.05) is 19.1 Å². The SMILES string of the molecule is CCC(Cl)CCNCc1ccc2ncccc2c1. The fraction of sp³-hybridized carbons (Fsp3) is 0.400. The zero-order valence-corrected chi connectivity index (χ0v) is 11.5. The summed E-state index contributed by atoms with van der Waals surface area (Å²) in [7, 11) is 0. The van der Waals surface area contributed by atoms with Crippen molar-refractivity contribution in [1.82, 2.24) is 10.3 Å². The lowest BCUT2D eigenvalue weighted by Gasteiger charge is -2.08. The number of hydrogen-bond acceptors (Lipinski definition) is 2. The number of halogens is 1. The van der Waals surface area contributed by atoms with Crippen LogP contribution >= 0.6 is 11.6 Å². The molecule has 18 heavy (non-hydrogen) atoms. The first-order valence-electron chi connectivity index (χ1n) is 6.48. The summed E-state index contributed by atoms with van der Waals surface area (Å²) in [4.78, 5) is 4.32. The van der Waals surface area contributed by atoms with Crippen LogP contribution in [-0.2, 0) is 6.54 Å². The normalized spacial score (nSPS) is 12.8. The first-order chi connectivity index (χ1) is 8.79. The van der Waals surface area contributed by atoms with Crippen LogP contribution in [0.4, 0.5) is 0 Å². The molecule has 2 aromatic rings. The predicted octanol–water partition coefficient (Wildman–Crippen LogP) is 3.73. The van der Waals surface area contributed by atoms with Crippen molar-refractivity contribution in [3.8, 4) is 0 Å². The highest BCUT2D eigenvalue weighted by Gasteiger charge is 2.01. The van der Waals surface area contributed by atoms with Gasteiger partial charge in [0.1, 0.15) is 0 Å². The summed E-state index contributed by atoms with van der Waals surface area (Å²) >= 11 is 6.08. The van der Waals surface area contributed by atoms with Crippen LogP contribution in [0.2, 0.25) is 0 Å². The second-order valence-electron chi connectivity index (χ2n) is 4.50. The molecule has 0 amide bonds. The third-order valence-corrected chi connectivity index (χ3v) is 3.60. The van der Waals surface area contributed by atoms with Gasteiger partial charge in [0.25, 0.3) is 0 Å². The van der Waals surface area contributed by atoms with Crippen molar-refractivity contribution in [2.24, 2.45) is 0 Å². The maximum atomic E-state index is 6.08. The first kappa shape index (κ1) is 13.3. The first-order valence-corrected chi connectivity index (χ1v) is 6.91. The molecule has 0 bridgehead atoms. The monoisotopic (exact) mass is 262 g/mol. The molecule has 0 aliphatic heterocycles. The lowest BCUT2D eigenvalue weighted by atomic mass is 10.1. The minimum absolute atomic E-state index is 0.290. The minimum Gasteiger partial charge on any atom is -0.313 e. The molecule has 0 saturated carbocycles. The Morgan fingerprint density at radius 2 is 2.22 bits per heavy atom. The minimum atomic E-state index is 0.290. The number of benzene rings is 1. The number of hydrogen-bond donors (Lipinski definition) is 1. The second-order valence-corrected chi connectivity index (χ2v) is 5.12.